The molecular formula is C14H21NO. The van der Waals surface area contributed by atoms with Crippen molar-refractivity contribution in [2.45, 2.75) is 46.5 Å². The highest BCUT2D eigenvalue weighted by molar-refractivity contribution is 5.94. The first-order chi connectivity index (χ1) is 7.36. The summed E-state index contributed by atoms with van der Waals surface area (Å²) in [7, 11) is 0. The average molecular weight is 219 g/mol. The van der Waals surface area contributed by atoms with Crippen molar-refractivity contribution in [3.63, 3.8) is 0 Å². The van der Waals surface area contributed by atoms with Gasteiger partial charge < -0.3 is 5.73 Å². The lowest BCUT2D eigenvalue weighted by Crippen LogP contribution is -2.15. The fourth-order valence-corrected chi connectivity index (χ4v) is 2.29. The molecule has 88 valence electrons. The van der Waals surface area contributed by atoms with Crippen LogP contribution in [-0.4, -0.2) is 5.91 Å². The van der Waals surface area contributed by atoms with Gasteiger partial charge in [-0.1, -0.05) is 33.8 Å². The highest BCUT2D eigenvalue weighted by Crippen LogP contribution is 2.30. The van der Waals surface area contributed by atoms with E-state index in [0.717, 1.165) is 5.56 Å². The van der Waals surface area contributed by atoms with Crippen molar-refractivity contribution in [1.82, 2.24) is 0 Å². The largest absolute Gasteiger partial charge is 0.366 e. The van der Waals surface area contributed by atoms with E-state index in [1.807, 2.05) is 19.1 Å². The zero-order chi connectivity index (χ0) is 12.5. The predicted octanol–water partition coefficient (Wildman–Crippen LogP) is 3.34. The van der Waals surface area contributed by atoms with E-state index >= 15 is 0 Å². The van der Waals surface area contributed by atoms with Crippen LogP contribution in [0.15, 0.2) is 12.1 Å². The first kappa shape index (κ1) is 12.8. The van der Waals surface area contributed by atoms with Gasteiger partial charge >= 0.3 is 0 Å². The summed E-state index contributed by atoms with van der Waals surface area (Å²) in [5, 5.41) is 0. The molecule has 2 nitrogen and oxygen atoms in total. The van der Waals surface area contributed by atoms with Gasteiger partial charge in [-0.05, 0) is 41.5 Å². The van der Waals surface area contributed by atoms with Gasteiger partial charge in [-0.25, -0.2) is 0 Å². The molecular weight excluding hydrogens is 198 g/mol. The van der Waals surface area contributed by atoms with E-state index in [1.165, 1.54) is 11.1 Å². The summed E-state index contributed by atoms with van der Waals surface area (Å²) >= 11 is 0. The van der Waals surface area contributed by atoms with Crippen molar-refractivity contribution < 1.29 is 4.79 Å². The maximum absolute atomic E-state index is 11.3. The Balaban J connectivity index is 3.48. The summed E-state index contributed by atoms with van der Waals surface area (Å²) < 4.78 is 0. The molecule has 1 aromatic carbocycles. The summed E-state index contributed by atoms with van der Waals surface area (Å²) in [6.45, 7) is 10.6. The number of hydrogen-bond acceptors (Lipinski definition) is 1. The van der Waals surface area contributed by atoms with E-state index in [2.05, 4.69) is 27.7 Å². The molecule has 0 fully saturated rings. The van der Waals surface area contributed by atoms with Crippen molar-refractivity contribution in [3.05, 3.63) is 34.4 Å². The van der Waals surface area contributed by atoms with E-state index in [9.17, 15) is 4.79 Å². The van der Waals surface area contributed by atoms with Crippen molar-refractivity contribution in [1.29, 1.82) is 0 Å². The number of carbonyl (C=O) groups excluding carboxylic acids is 1. The normalized spacial score (nSPS) is 11.2. The summed E-state index contributed by atoms with van der Waals surface area (Å²) in [5.41, 5.74) is 9.64. The molecule has 0 atom stereocenters. The van der Waals surface area contributed by atoms with Crippen molar-refractivity contribution >= 4 is 5.91 Å². The van der Waals surface area contributed by atoms with Crippen LogP contribution in [0.4, 0.5) is 0 Å². The molecule has 0 unspecified atom stereocenters. The van der Waals surface area contributed by atoms with Gasteiger partial charge in [0.2, 0.25) is 5.91 Å². The van der Waals surface area contributed by atoms with Gasteiger partial charge in [-0.2, -0.15) is 0 Å². The molecule has 1 aromatic rings. The Bertz CT molecular complexity index is 405. The van der Waals surface area contributed by atoms with E-state index in [-0.39, 0.29) is 5.91 Å². The van der Waals surface area contributed by atoms with Crippen LogP contribution in [-0.2, 0) is 0 Å². The molecule has 2 heteroatoms. The fraction of sp³-hybridized carbons (Fsp3) is 0.500. The molecule has 0 heterocycles. The maximum Gasteiger partial charge on any atom is 0.248 e. The Labute approximate surface area is 97.9 Å². The van der Waals surface area contributed by atoms with E-state index in [4.69, 9.17) is 5.73 Å². The molecule has 0 radical (unpaired) electrons. The van der Waals surface area contributed by atoms with Crippen LogP contribution in [0.1, 0.15) is 66.6 Å². The minimum atomic E-state index is -0.338. The highest BCUT2D eigenvalue weighted by Gasteiger charge is 2.16. The lowest BCUT2D eigenvalue weighted by molar-refractivity contribution is 0.0999. The standard InChI is InChI=1S/C14H21NO/c1-8(2)11-6-7-12(14(15)16)10(5)13(11)9(3)4/h6-9H,1-5H3,(H2,15,16). The minimum Gasteiger partial charge on any atom is -0.366 e. The molecule has 0 aliphatic carbocycles. The summed E-state index contributed by atoms with van der Waals surface area (Å²) in [4.78, 5) is 11.3. The van der Waals surface area contributed by atoms with Gasteiger partial charge in [-0.3, -0.25) is 4.79 Å². The molecule has 0 bridgehead atoms. The minimum absolute atomic E-state index is 0.338. The monoisotopic (exact) mass is 219 g/mol. The molecule has 0 aromatic heterocycles. The van der Waals surface area contributed by atoms with Gasteiger partial charge in [0.1, 0.15) is 0 Å². The predicted molar refractivity (Wildman–Crippen MR) is 67.9 cm³/mol. The molecule has 2 N–H and O–H groups in total. The second-order valence-electron chi connectivity index (χ2n) is 4.91. The van der Waals surface area contributed by atoms with Gasteiger partial charge in [0.15, 0.2) is 0 Å². The van der Waals surface area contributed by atoms with Gasteiger partial charge in [-0.15, -0.1) is 0 Å². The van der Waals surface area contributed by atoms with Crippen molar-refractivity contribution in [2.24, 2.45) is 5.73 Å². The fourth-order valence-electron chi connectivity index (χ4n) is 2.29. The number of primary amides is 1. The third-order valence-electron chi connectivity index (χ3n) is 3.01. The van der Waals surface area contributed by atoms with Crippen LogP contribution in [0.2, 0.25) is 0 Å². The van der Waals surface area contributed by atoms with Crippen LogP contribution in [0.3, 0.4) is 0 Å². The zero-order valence-corrected chi connectivity index (χ0v) is 10.8. The molecule has 1 amide bonds. The van der Waals surface area contributed by atoms with E-state index in [0.29, 0.717) is 17.4 Å². The maximum atomic E-state index is 11.3. The van der Waals surface area contributed by atoms with Gasteiger partial charge in [0.05, 0.1) is 0 Å². The Morgan fingerprint density at radius 3 is 2.06 bits per heavy atom. The first-order valence-electron chi connectivity index (χ1n) is 5.79. The Hall–Kier alpha value is -1.31. The van der Waals surface area contributed by atoms with Crippen LogP contribution in [0, 0.1) is 6.92 Å². The summed E-state index contributed by atoms with van der Waals surface area (Å²) in [6.07, 6.45) is 0. The first-order valence-corrected chi connectivity index (χ1v) is 5.79. The molecule has 1 rings (SSSR count). The topological polar surface area (TPSA) is 43.1 Å². The average Bonchev–Trinajstić information content (AvgIpc) is 2.15. The number of rotatable bonds is 3. The Morgan fingerprint density at radius 1 is 1.12 bits per heavy atom. The zero-order valence-electron chi connectivity index (χ0n) is 10.8. The second kappa shape index (κ2) is 4.69. The number of carbonyl (C=O) groups is 1. The molecule has 0 saturated carbocycles. The van der Waals surface area contributed by atoms with Crippen LogP contribution in [0.5, 0.6) is 0 Å². The molecule has 0 aliphatic heterocycles. The summed E-state index contributed by atoms with van der Waals surface area (Å²) in [6, 6.07) is 3.88. The van der Waals surface area contributed by atoms with Crippen LogP contribution in [0.25, 0.3) is 0 Å². The smallest absolute Gasteiger partial charge is 0.248 e. The lowest BCUT2D eigenvalue weighted by atomic mass is 9.85. The highest BCUT2D eigenvalue weighted by atomic mass is 16.1. The second-order valence-corrected chi connectivity index (χ2v) is 4.91. The Kier molecular flexibility index (Phi) is 3.74. The molecule has 0 saturated heterocycles. The number of nitrogens with two attached hydrogens (primary N) is 1. The number of benzene rings is 1. The summed E-state index contributed by atoms with van der Waals surface area (Å²) in [5.74, 6) is 0.546. The van der Waals surface area contributed by atoms with Crippen LogP contribution < -0.4 is 5.73 Å². The van der Waals surface area contributed by atoms with Gasteiger partial charge in [0.25, 0.3) is 0 Å². The van der Waals surface area contributed by atoms with Gasteiger partial charge in [0, 0.05) is 5.56 Å². The van der Waals surface area contributed by atoms with E-state index < -0.39 is 0 Å². The van der Waals surface area contributed by atoms with Crippen LogP contribution >= 0.6 is 0 Å². The quantitative estimate of drug-likeness (QED) is 0.832. The third-order valence-corrected chi connectivity index (χ3v) is 3.01. The van der Waals surface area contributed by atoms with Crippen molar-refractivity contribution in [2.75, 3.05) is 0 Å². The Morgan fingerprint density at radius 2 is 1.69 bits per heavy atom. The molecule has 0 aliphatic rings. The molecule has 0 spiro atoms. The number of hydrogen-bond donors (Lipinski definition) is 1. The van der Waals surface area contributed by atoms with Crippen molar-refractivity contribution in [3.8, 4) is 0 Å². The molecule has 16 heavy (non-hydrogen) atoms. The third kappa shape index (κ3) is 2.26. The van der Waals surface area contributed by atoms with E-state index in [1.54, 1.807) is 0 Å². The SMILES string of the molecule is Cc1c(C(N)=O)ccc(C(C)C)c1C(C)C. The number of amides is 1. The lowest BCUT2D eigenvalue weighted by Gasteiger charge is -2.20.